The van der Waals surface area contributed by atoms with Crippen LogP contribution in [-0.4, -0.2) is 16.1 Å². The van der Waals surface area contributed by atoms with Gasteiger partial charge in [0.05, 0.1) is 22.8 Å². The number of aliphatic carboxylic acids is 1. The molecule has 0 aliphatic carbocycles. The van der Waals surface area contributed by atoms with Crippen molar-refractivity contribution in [1.82, 2.24) is 4.98 Å². The molecule has 2 aromatic rings. The van der Waals surface area contributed by atoms with Gasteiger partial charge in [-0.3, -0.25) is 9.78 Å². The molecule has 1 N–H and O–H groups in total. The molecule has 1 aromatic heterocycles. The van der Waals surface area contributed by atoms with Gasteiger partial charge in [0.2, 0.25) is 0 Å². The predicted molar refractivity (Wildman–Crippen MR) is 66.0 cm³/mol. The summed E-state index contributed by atoms with van der Waals surface area (Å²) in [7, 11) is 0. The zero-order chi connectivity index (χ0) is 13.1. The fourth-order valence-electron chi connectivity index (χ4n) is 1.56. The summed E-state index contributed by atoms with van der Waals surface area (Å²) in [5, 5.41) is 9.03. The molecule has 92 valence electrons. The van der Waals surface area contributed by atoms with Crippen LogP contribution >= 0.6 is 11.6 Å². The number of hydrogen-bond acceptors (Lipinski definition) is 2. The molecule has 0 atom stereocenters. The molecular weight excluding hydrogens is 257 g/mol. The fourth-order valence-corrected chi connectivity index (χ4v) is 1.73. The van der Waals surface area contributed by atoms with Crippen LogP contribution < -0.4 is 0 Å². The molecular formula is C13H9ClFNO2. The average Bonchev–Trinajstić information content (AvgIpc) is 2.31. The number of carboxylic acid groups (broad SMARTS) is 1. The van der Waals surface area contributed by atoms with Crippen molar-refractivity contribution in [2.45, 2.75) is 6.42 Å². The number of carboxylic acids is 1. The number of benzene rings is 1. The van der Waals surface area contributed by atoms with E-state index in [0.717, 1.165) is 0 Å². The van der Waals surface area contributed by atoms with E-state index in [9.17, 15) is 9.18 Å². The van der Waals surface area contributed by atoms with Gasteiger partial charge in [0.15, 0.2) is 0 Å². The molecule has 1 heterocycles. The Morgan fingerprint density at radius 2 is 2.11 bits per heavy atom. The van der Waals surface area contributed by atoms with Crippen LogP contribution in [0.4, 0.5) is 4.39 Å². The van der Waals surface area contributed by atoms with Crippen molar-refractivity contribution in [1.29, 1.82) is 0 Å². The normalized spacial score (nSPS) is 10.3. The second-order valence-electron chi connectivity index (χ2n) is 3.71. The minimum atomic E-state index is -1.01. The van der Waals surface area contributed by atoms with Gasteiger partial charge in [0, 0.05) is 5.56 Å². The zero-order valence-electron chi connectivity index (χ0n) is 9.23. The van der Waals surface area contributed by atoms with E-state index in [-0.39, 0.29) is 23.0 Å². The second-order valence-corrected chi connectivity index (χ2v) is 4.11. The molecule has 0 amide bonds. The minimum Gasteiger partial charge on any atom is -0.481 e. The van der Waals surface area contributed by atoms with Crippen LogP contribution in [0.5, 0.6) is 0 Å². The number of halogens is 2. The number of pyridine rings is 1. The van der Waals surface area contributed by atoms with E-state index in [0.29, 0.717) is 11.3 Å². The molecule has 5 heteroatoms. The molecule has 3 nitrogen and oxygen atoms in total. The molecule has 0 radical (unpaired) electrons. The maximum atomic E-state index is 13.1. The summed E-state index contributed by atoms with van der Waals surface area (Å²) >= 11 is 5.86. The second kappa shape index (κ2) is 5.14. The molecule has 0 aliphatic heterocycles. The highest BCUT2D eigenvalue weighted by atomic mass is 35.5. The van der Waals surface area contributed by atoms with Gasteiger partial charge in [-0.05, 0) is 24.3 Å². The Kier molecular flexibility index (Phi) is 3.58. The minimum absolute atomic E-state index is 0.262. The molecule has 1 aromatic carbocycles. The lowest BCUT2D eigenvalue weighted by molar-refractivity contribution is -0.136. The van der Waals surface area contributed by atoms with E-state index >= 15 is 0 Å². The molecule has 2 rings (SSSR count). The Morgan fingerprint density at radius 1 is 1.33 bits per heavy atom. The Balaban J connectivity index is 2.43. The van der Waals surface area contributed by atoms with Crippen molar-refractivity contribution >= 4 is 17.6 Å². The highest BCUT2D eigenvalue weighted by Crippen LogP contribution is 2.22. The third-order valence-electron chi connectivity index (χ3n) is 2.36. The van der Waals surface area contributed by atoms with Crippen molar-refractivity contribution in [3.63, 3.8) is 0 Å². The SMILES string of the molecule is O=C(O)Cc1nc(-c2cccc(F)c2)ccc1Cl. The lowest BCUT2D eigenvalue weighted by atomic mass is 10.1. The molecule has 0 bridgehead atoms. The quantitative estimate of drug-likeness (QED) is 0.927. The van der Waals surface area contributed by atoms with Gasteiger partial charge in [0.1, 0.15) is 5.82 Å². The number of aromatic nitrogens is 1. The van der Waals surface area contributed by atoms with E-state index < -0.39 is 5.97 Å². The Morgan fingerprint density at radius 3 is 2.78 bits per heavy atom. The first-order valence-electron chi connectivity index (χ1n) is 5.19. The van der Waals surface area contributed by atoms with Gasteiger partial charge < -0.3 is 5.11 Å². The number of hydrogen-bond donors (Lipinski definition) is 1. The van der Waals surface area contributed by atoms with Crippen LogP contribution in [0.2, 0.25) is 5.02 Å². The van der Waals surface area contributed by atoms with Crippen molar-refractivity contribution < 1.29 is 14.3 Å². The Bertz CT molecular complexity index is 601. The van der Waals surface area contributed by atoms with Crippen LogP contribution in [0.3, 0.4) is 0 Å². The van der Waals surface area contributed by atoms with Gasteiger partial charge in [-0.25, -0.2) is 4.39 Å². The molecule has 0 fully saturated rings. The number of rotatable bonds is 3. The standard InChI is InChI=1S/C13H9ClFNO2/c14-10-4-5-11(16-12(10)7-13(17)18)8-2-1-3-9(15)6-8/h1-6H,7H2,(H,17,18). The monoisotopic (exact) mass is 265 g/mol. The summed E-state index contributed by atoms with van der Waals surface area (Å²) < 4.78 is 13.1. The van der Waals surface area contributed by atoms with E-state index in [4.69, 9.17) is 16.7 Å². The summed E-state index contributed by atoms with van der Waals surface area (Å²) in [6.45, 7) is 0. The maximum Gasteiger partial charge on any atom is 0.309 e. The van der Waals surface area contributed by atoms with Gasteiger partial charge in [-0.1, -0.05) is 23.7 Å². The summed E-state index contributed by atoms with van der Waals surface area (Å²) in [6, 6.07) is 9.12. The first kappa shape index (κ1) is 12.5. The summed E-state index contributed by atoms with van der Waals surface area (Å²) in [5.74, 6) is -1.38. The topological polar surface area (TPSA) is 50.2 Å². The lowest BCUT2D eigenvalue weighted by Gasteiger charge is -2.05. The van der Waals surface area contributed by atoms with Crippen LogP contribution in [0.25, 0.3) is 11.3 Å². The maximum absolute atomic E-state index is 13.1. The van der Waals surface area contributed by atoms with Gasteiger partial charge in [-0.2, -0.15) is 0 Å². The van der Waals surface area contributed by atoms with Crippen molar-refractivity contribution in [2.24, 2.45) is 0 Å². The van der Waals surface area contributed by atoms with Crippen LogP contribution in [-0.2, 0) is 11.2 Å². The van der Waals surface area contributed by atoms with Crippen LogP contribution in [0.1, 0.15) is 5.69 Å². The van der Waals surface area contributed by atoms with E-state index in [1.165, 1.54) is 12.1 Å². The number of nitrogens with zero attached hydrogens (tertiary/aromatic N) is 1. The molecule has 18 heavy (non-hydrogen) atoms. The number of carbonyl (C=O) groups is 1. The Labute approximate surface area is 108 Å². The Hall–Kier alpha value is -1.94. The lowest BCUT2D eigenvalue weighted by Crippen LogP contribution is -2.03. The van der Waals surface area contributed by atoms with Gasteiger partial charge in [0.25, 0.3) is 0 Å². The van der Waals surface area contributed by atoms with E-state index in [1.807, 2.05) is 0 Å². The molecule has 0 saturated heterocycles. The zero-order valence-corrected chi connectivity index (χ0v) is 9.99. The van der Waals surface area contributed by atoms with Gasteiger partial charge in [-0.15, -0.1) is 0 Å². The molecule has 0 aliphatic rings. The third kappa shape index (κ3) is 2.84. The first-order chi connectivity index (χ1) is 8.56. The van der Waals surface area contributed by atoms with Crippen molar-refractivity contribution in [3.05, 3.63) is 52.9 Å². The smallest absolute Gasteiger partial charge is 0.309 e. The van der Waals surface area contributed by atoms with E-state index in [1.54, 1.807) is 24.3 Å². The van der Waals surface area contributed by atoms with E-state index in [2.05, 4.69) is 4.98 Å². The highest BCUT2D eigenvalue weighted by Gasteiger charge is 2.09. The highest BCUT2D eigenvalue weighted by molar-refractivity contribution is 6.31. The molecule has 0 spiro atoms. The summed E-state index contributed by atoms with van der Waals surface area (Å²) in [6.07, 6.45) is -0.262. The predicted octanol–water partition coefficient (Wildman–Crippen LogP) is 3.17. The summed E-state index contributed by atoms with van der Waals surface area (Å²) in [4.78, 5) is 14.8. The van der Waals surface area contributed by atoms with Crippen molar-refractivity contribution in [3.8, 4) is 11.3 Å². The molecule has 0 saturated carbocycles. The van der Waals surface area contributed by atoms with Gasteiger partial charge >= 0.3 is 5.97 Å². The average molecular weight is 266 g/mol. The van der Waals surface area contributed by atoms with Crippen molar-refractivity contribution in [2.75, 3.05) is 0 Å². The van der Waals surface area contributed by atoms with Crippen LogP contribution in [0.15, 0.2) is 36.4 Å². The third-order valence-corrected chi connectivity index (χ3v) is 2.70. The first-order valence-corrected chi connectivity index (χ1v) is 5.57. The largest absolute Gasteiger partial charge is 0.481 e. The molecule has 0 unspecified atom stereocenters. The fraction of sp³-hybridized carbons (Fsp3) is 0.0769. The summed E-state index contributed by atoms with van der Waals surface area (Å²) in [5.41, 5.74) is 1.35. The van der Waals surface area contributed by atoms with Crippen LogP contribution in [0, 0.1) is 5.82 Å².